The number of hydrogen-bond acceptors (Lipinski definition) is 2. The zero-order valence-electron chi connectivity index (χ0n) is 9.22. The molecule has 1 aliphatic heterocycles. The molecule has 1 amide bonds. The van der Waals surface area contributed by atoms with Gasteiger partial charge in [0, 0.05) is 23.2 Å². The molecule has 4 heteroatoms. The van der Waals surface area contributed by atoms with Crippen molar-refractivity contribution in [2.75, 3.05) is 13.1 Å². The molecule has 0 spiro atoms. The molecule has 0 unspecified atom stereocenters. The highest BCUT2D eigenvalue weighted by Crippen LogP contribution is 2.14. The minimum absolute atomic E-state index is 0.0423. The molecule has 0 bridgehead atoms. The van der Waals surface area contributed by atoms with Gasteiger partial charge in [-0.3, -0.25) is 4.79 Å². The fourth-order valence-corrected chi connectivity index (χ4v) is 2.20. The Morgan fingerprint density at radius 2 is 2.31 bits per heavy atom. The van der Waals surface area contributed by atoms with E-state index in [1.54, 1.807) is 6.07 Å². The molecule has 0 radical (unpaired) electrons. The Kier molecular flexibility index (Phi) is 3.46. The van der Waals surface area contributed by atoms with Crippen LogP contribution in [0.4, 0.5) is 0 Å². The third-order valence-corrected chi connectivity index (χ3v) is 2.92. The van der Waals surface area contributed by atoms with Crippen LogP contribution in [0.15, 0.2) is 18.2 Å². The average Bonchev–Trinajstić information content (AvgIpc) is 2.68. The maximum atomic E-state index is 11.9. The zero-order chi connectivity index (χ0) is 11.5. The van der Waals surface area contributed by atoms with E-state index in [0.29, 0.717) is 10.6 Å². The first kappa shape index (κ1) is 11.4. The van der Waals surface area contributed by atoms with Gasteiger partial charge in [-0.25, -0.2) is 0 Å². The molecule has 86 valence electrons. The minimum atomic E-state index is -0.0423. The topological polar surface area (TPSA) is 41.1 Å². The van der Waals surface area contributed by atoms with Crippen molar-refractivity contribution in [3.63, 3.8) is 0 Å². The molecule has 1 fully saturated rings. The molecule has 16 heavy (non-hydrogen) atoms. The Morgan fingerprint density at radius 3 is 2.94 bits per heavy atom. The second-order valence-electron chi connectivity index (χ2n) is 4.18. The Hall–Kier alpha value is -1.06. The number of rotatable bonds is 2. The summed E-state index contributed by atoms with van der Waals surface area (Å²) in [6.45, 7) is 3.75. The van der Waals surface area contributed by atoms with E-state index in [1.165, 1.54) is 0 Å². The molecule has 1 aliphatic rings. The second kappa shape index (κ2) is 4.85. The number of nitrogens with one attached hydrogen (secondary N) is 2. The summed E-state index contributed by atoms with van der Waals surface area (Å²) in [5.74, 6) is -0.0423. The second-order valence-corrected chi connectivity index (χ2v) is 4.62. The summed E-state index contributed by atoms with van der Waals surface area (Å²) in [4.78, 5) is 11.9. The number of carbonyl (C=O) groups is 1. The van der Waals surface area contributed by atoms with Gasteiger partial charge in [-0.1, -0.05) is 11.6 Å². The van der Waals surface area contributed by atoms with E-state index in [4.69, 9.17) is 11.6 Å². The van der Waals surface area contributed by atoms with Crippen LogP contribution in [0.1, 0.15) is 22.3 Å². The maximum Gasteiger partial charge on any atom is 0.251 e. The summed E-state index contributed by atoms with van der Waals surface area (Å²) in [5.41, 5.74) is 1.64. The first-order valence-electron chi connectivity index (χ1n) is 5.44. The average molecular weight is 239 g/mol. The number of halogens is 1. The van der Waals surface area contributed by atoms with Gasteiger partial charge in [0.25, 0.3) is 5.91 Å². The molecular formula is C12H15ClN2O. The summed E-state index contributed by atoms with van der Waals surface area (Å²) >= 11 is 5.92. The third kappa shape index (κ3) is 2.74. The molecule has 1 heterocycles. The first-order valence-corrected chi connectivity index (χ1v) is 5.82. The van der Waals surface area contributed by atoms with E-state index in [-0.39, 0.29) is 11.9 Å². The number of aryl methyl sites for hydroxylation is 1. The number of amides is 1. The van der Waals surface area contributed by atoms with Crippen LogP contribution in [-0.4, -0.2) is 25.0 Å². The predicted molar refractivity (Wildman–Crippen MR) is 64.9 cm³/mol. The van der Waals surface area contributed by atoms with E-state index in [2.05, 4.69) is 10.6 Å². The Morgan fingerprint density at radius 1 is 1.50 bits per heavy atom. The number of carbonyl (C=O) groups excluding carboxylic acids is 1. The molecule has 2 N–H and O–H groups in total. The van der Waals surface area contributed by atoms with Gasteiger partial charge < -0.3 is 10.6 Å². The van der Waals surface area contributed by atoms with Crippen LogP contribution in [0, 0.1) is 6.92 Å². The van der Waals surface area contributed by atoms with Crippen molar-refractivity contribution in [2.45, 2.75) is 19.4 Å². The standard InChI is InChI=1S/C12H15ClN2O/c1-8-4-9(6-10(13)5-8)12(16)15-11-2-3-14-7-11/h4-6,11,14H,2-3,7H2,1H3,(H,15,16)/t11-/m1/s1. The molecule has 1 aromatic carbocycles. The van der Waals surface area contributed by atoms with Crippen molar-refractivity contribution in [3.05, 3.63) is 34.3 Å². The Labute approximate surface area is 100 Å². The quantitative estimate of drug-likeness (QED) is 0.824. The Balaban J connectivity index is 2.07. The van der Waals surface area contributed by atoms with E-state index in [1.807, 2.05) is 19.1 Å². The SMILES string of the molecule is Cc1cc(Cl)cc(C(=O)N[C@@H]2CCNC2)c1. The maximum absolute atomic E-state index is 11.9. The van der Waals surface area contributed by atoms with Crippen molar-refractivity contribution < 1.29 is 4.79 Å². The fraction of sp³-hybridized carbons (Fsp3) is 0.417. The summed E-state index contributed by atoms with van der Waals surface area (Å²) in [6, 6.07) is 5.64. The van der Waals surface area contributed by atoms with Crippen LogP contribution in [0.25, 0.3) is 0 Å². The van der Waals surface area contributed by atoms with Crippen molar-refractivity contribution in [3.8, 4) is 0 Å². The highest BCUT2D eigenvalue weighted by molar-refractivity contribution is 6.31. The molecule has 0 aromatic heterocycles. The summed E-state index contributed by atoms with van der Waals surface area (Å²) < 4.78 is 0. The van der Waals surface area contributed by atoms with Crippen LogP contribution in [-0.2, 0) is 0 Å². The fourth-order valence-electron chi connectivity index (χ4n) is 1.91. The molecule has 1 saturated heterocycles. The molecule has 0 aliphatic carbocycles. The van der Waals surface area contributed by atoms with E-state index in [9.17, 15) is 4.79 Å². The van der Waals surface area contributed by atoms with Crippen molar-refractivity contribution >= 4 is 17.5 Å². The van der Waals surface area contributed by atoms with Crippen LogP contribution in [0.2, 0.25) is 5.02 Å². The molecule has 1 aromatic rings. The van der Waals surface area contributed by atoms with Crippen LogP contribution >= 0.6 is 11.6 Å². The molecular weight excluding hydrogens is 224 g/mol. The number of benzene rings is 1. The normalized spacial score (nSPS) is 19.8. The van der Waals surface area contributed by atoms with Gasteiger partial charge in [0.15, 0.2) is 0 Å². The lowest BCUT2D eigenvalue weighted by Gasteiger charge is -2.11. The van der Waals surface area contributed by atoms with Crippen LogP contribution in [0.5, 0.6) is 0 Å². The third-order valence-electron chi connectivity index (χ3n) is 2.70. The van der Waals surface area contributed by atoms with E-state index in [0.717, 1.165) is 25.1 Å². The van der Waals surface area contributed by atoms with Crippen molar-refractivity contribution in [1.29, 1.82) is 0 Å². The lowest BCUT2D eigenvalue weighted by atomic mass is 10.1. The van der Waals surface area contributed by atoms with Crippen molar-refractivity contribution in [2.24, 2.45) is 0 Å². The molecule has 2 rings (SSSR count). The van der Waals surface area contributed by atoms with Gasteiger partial charge in [0.2, 0.25) is 0 Å². The van der Waals surface area contributed by atoms with Gasteiger partial charge in [0.05, 0.1) is 0 Å². The Bertz CT molecular complexity index is 380. The predicted octanol–water partition coefficient (Wildman–Crippen LogP) is 1.74. The van der Waals surface area contributed by atoms with Crippen LogP contribution in [0.3, 0.4) is 0 Å². The van der Waals surface area contributed by atoms with E-state index < -0.39 is 0 Å². The first-order chi connectivity index (χ1) is 7.65. The lowest BCUT2D eigenvalue weighted by molar-refractivity contribution is 0.0940. The monoisotopic (exact) mass is 238 g/mol. The summed E-state index contributed by atoms with van der Waals surface area (Å²) in [6.07, 6.45) is 0.991. The van der Waals surface area contributed by atoms with Gasteiger partial charge in [0.1, 0.15) is 0 Å². The molecule has 0 saturated carbocycles. The highest BCUT2D eigenvalue weighted by atomic mass is 35.5. The van der Waals surface area contributed by atoms with Gasteiger partial charge in [-0.2, -0.15) is 0 Å². The highest BCUT2D eigenvalue weighted by Gasteiger charge is 2.17. The van der Waals surface area contributed by atoms with Crippen molar-refractivity contribution in [1.82, 2.24) is 10.6 Å². The van der Waals surface area contributed by atoms with Gasteiger partial charge >= 0.3 is 0 Å². The summed E-state index contributed by atoms with van der Waals surface area (Å²) in [7, 11) is 0. The zero-order valence-corrected chi connectivity index (χ0v) is 9.97. The summed E-state index contributed by atoms with van der Waals surface area (Å²) in [5, 5.41) is 6.81. The van der Waals surface area contributed by atoms with E-state index >= 15 is 0 Å². The van der Waals surface area contributed by atoms with Crippen LogP contribution < -0.4 is 10.6 Å². The van der Waals surface area contributed by atoms with Gasteiger partial charge in [-0.05, 0) is 43.7 Å². The smallest absolute Gasteiger partial charge is 0.251 e. The molecule has 3 nitrogen and oxygen atoms in total. The largest absolute Gasteiger partial charge is 0.348 e. The minimum Gasteiger partial charge on any atom is -0.348 e. The van der Waals surface area contributed by atoms with Gasteiger partial charge in [-0.15, -0.1) is 0 Å². The molecule has 1 atom stereocenters. The number of hydrogen-bond donors (Lipinski definition) is 2. The lowest BCUT2D eigenvalue weighted by Crippen LogP contribution is -2.36.